The molecular formula is C9H16N2O3. The molecule has 0 aromatic rings. The summed E-state index contributed by atoms with van der Waals surface area (Å²) in [5.41, 5.74) is 5.19. The van der Waals surface area contributed by atoms with Crippen molar-refractivity contribution >= 4 is 11.9 Å². The third kappa shape index (κ3) is 2.70. The Morgan fingerprint density at radius 3 is 2.64 bits per heavy atom. The highest BCUT2D eigenvalue weighted by Gasteiger charge is 2.31. The second-order valence-corrected chi connectivity index (χ2v) is 3.38. The van der Waals surface area contributed by atoms with Gasteiger partial charge in [-0.2, -0.15) is 0 Å². The number of ether oxygens (including phenoxy) is 1. The molecular weight excluding hydrogens is 184 g/mol. The molecule has 0 unspecified atom stereocenters. The number of hydrogen-bond donors (Lipinski definition) is 1. The Hall–Kier alpha value is -1.10. The Kier molecular flexibility index (Phi) is 3.88. The molecule has 0 saturated carbocycles. The van der Waals surface area contributed by atoms with Crippen LogP contribution in [0, 0.1) is 5.92 Å². The first-order valence-corrected chi connectivity index (χ1v) is 4.80. The van der Waals surface area contributed by atoms with Crippen LogP contribution in [0.2, 0.25) is 0 Å². The molecule has 2 N–H and O–H groups in total. The predicted octanol–water partition coefficient (Wildman–Crippen LogP) is -0.643. The number of rotatable bonds is 4. The van der Waals surface area contributed by atoms with Crippen LogP contribution in [0.15, 0.2) is 0 Å². The van der Waals surface area contributed by atoms with Gasteiger partial charge in [-0.1, -0.05) is 0 Å². The van der Waals surface area contributed by atoms with Crippen molar-refractivity contribution < 1.29 is 14.3 Å². The van der Waals surface area contributed by atoms with E-state index in [2.05, 4.69) is 0 Å². The van der Waals surface area contributed by atoms with Gasteiger partial charge in [-0.05, 0) is 6.92 Å². The van der Waals surface area contributed by atoms with Gasteiger partial charge in [0.25, 0.3) is 0 Å². The lowest BCUT2D eigenvalue weighted by molar-refractivity contribution is -0.148. The number of nitrogens with two attached hydrogens (primary N) is 1. The van der Waals surface area contributed by atoms with Gasteiger partial charge in [-0.15, -0.1) is 0 Å². The van der Waals surface area contributed by atoms with Gasteiger partial charge in [0, 0.05) is 19.0 Å². The maximum atomic E-state index is 11.0. The lowest BCUT2D eigenvalue weighted by Crippen LogP contribution is -2.52. The predicted molar refractivity (Wildman–Crippen MR) is 50.4 cm³/mol. The summed E-state index contributed by atoms with van der Waals surface area (Å²) in [6, 6.07) is 0. The Bertz CT molecular complexity index is 224. The van der Waals surface area contributed by atoms with Gasteiger partial charge in [-0.25, -0.2) is 0 Å². The fourth-order valence-electron chi connectivity index (χ4n) is 1.49. The minimum atomic E-state index is -0.183. The van der Waals surface area contributed by atoms with Crippen LogP contribution in [0.5, 0.6) is 0 Å². The molecule has 1 fully saturated rings. The molecule has 1 aliphatic rings. The fourth-order valence-corrected chi connectivity index (χ4v) is 1.49. The summed E-state index contributed by atoms with van der Waals surface area (Å²) >= 11 is 0. The average Bonchev–Trinajstić information content (AvgIpc) is 2.10. The van der Waals surface area contributed by atoms with E-state index in [1.165, 1.54) is 0 Å². The largest absolute Gasteiger partial charge is 0.466 e. The van der Waals surface area contributed by atoms with Gasteiger partial charge < -0.3 is 15.4 Å². The SMILES string of the molecule is CCOC(=O)CC1CN(C(=O)CN)C1. The van der Waals surface area contributed by atoms with Crippen LogP contribution in [0.3, 0.4) is 0 Å². The highest BCUT2D eigenvalue weighted by Crippen LogP contribution is 2.19. The summed E-state index contributed by atoms with van der Waals surface area (Å²) in [4.78, 5) is 23.7. The van der Waals surface area contributed by atoms with Crippen LogP contribution in [0.25, 0.3) is 0 Å². The van der Waals surface area contributed by atoms with Gasteiger partial charge in [0.15, 0.2) is 0 Å². The maximum Gasteiger partial charge on any atom is 0.306 e. The second-order valence-electron chi connectivity index (χ2n) is 3.38. The normalized spacial score (nSPS) is 16.3. The zero-order valence-corrected chi connectivity index (χ0v) is 8.36. The molecule has 1 heterocycles. The average molecular weight is 200 g/mol. The van der Waals surface area contributed by atoms with Crippen LogP contribution in [0.1, 0.15) is 13.3 Å². The van der Waals surface area contributed by atoms with Gasteiger partial charge in [0.05, 0.1) is 19.6 Å². The fraction of sp³-hybridized carbons (Fsp3) is 0.778. The van der Waals surface area contributed by atoms with E-state index >= 15 is 0 Å². The Balaban J connectivity index is 2.15. The Labute approximate surface area is 83.2 Å². The van der Waals surface area contributed by atoms with Crippen molar-refractivity contribution in [1.29, 1.82) is 0 Å². The topological polar surface area (TPSA) is 72.6 Å². The zero-order chi connectivity index (χ0) is 10.6. The highest BCUT2D eigenvalue weighted by atomic mass is 16.5. The van der Waals surface area contributed by atoms with E-state index in [-0.39, 0.29) is 24.3 Å². The van der Waals surface area contributed by atoms with E-state index in [0.717, 1.165) is 0 Å². The van der Waals surface area contributed by atoms with Crippen molar-refractivity contribution in [3.8, 4) is 0 Å². The molecule has 1 rings (SSSR count). The Morgan fingerprint density at radius 2 is 2.14 bits per heavy atom. The molecule has 0 spiro atoms. The first-order valence-electron chi connectivity index (χ1n) is 4.80. The van der Waals surface area contributed by atoms with Gasteiger partial charge in [0.2, 0.25) is 5.91 Å². The van der Waals surface area contributed by atoms with Crippen molar-refractivity contribution in [1.82, 2.24) is 4.90 Å². The first kappa shape index (κ1) is 11.0. The van der Waals surface area contributed by atoms with Gasteiger partial charge >= 0.3 is 5.97 Å². The third-order valence-corrected chi connectivity index (χ3v) is 2.25. The summed E-state index contributed by atoms with van der Waals surface area (Å²) in [7, 11) is 0. The maximum absolute atomic E-state index is 11.0. The van der Waals surface area contributed by atoms with Crippen LogP contribution in [0.4, 0.5) is 0 Å². The van der Waals surface area contributed by atoms with E-state index in [4.69, 9.17) is 10.5 Å². The summed E-state index contributed by atoms with van der Waals surface area (Å²) in [6.45, 7) is 3.51. The molecule has 80 valence electrons. The van der Waals surface area contributed by atoms with Crippen molar-refractivity contribution in [3.63, 3.8) is 0 Å². The number of nitrogens with zero attached hydrogens (tertiary/aromatic N) is 1. The van der Waals surface area contributed by atoms with E-state index in [9.17, 15) is 9.59 Å². The molecule has 0 aliphatic carbocycles. The first-order chi connectivity index (χ1) is 6.67. The number of esters is 1. The molecule has 0 aromatic carbocycles. The summed E-state index contributed by atoms with van der Waals surface area (Å²) in [6.07, 6.45) is 0.405. The van der Waals surface area contributed by atoms with Gasteiger partial charge in [-0.3, -0.25) is 9.59 Å². The lowest BCUT2D eigenvalue weighted by Gasteiger charge is -2.38. The molecule has 1 amide bonds. The van der Waals surface area contributed by atoms with Crippen LogP contribution in [-0.2, 0) is 14.3 Å². The zero-order valence-electron chi connectivity index (χ0n) is 8.36. The monoisotopic (exact) mass is 200 g/mol. The van der Waals surface area contributed by atoms with Crippen LogP contribution < -0.4 is 5.73 Å². The van der Waals surface area contributed by atoms with Crippen molar-refractivity contribution in [2.45, 2.75) is 13.3 Å². The number of amides is 1. The summed E-state index contributed by atoms with van der Waals surface area (Å²) in [5, 5.41) is 0. The summed E-state index contributed by atoms with van der Waals surface area (Å²) < 4.78 is 4.80. The molecule has 0 aromatic heterocycles. The summed E-state index contributed by atoms with van der Waals surface area (Å²) in [5.74, 6) is 0.0204. The minimum absolute atomic E-state index is 0.0477. The number of hydrogen-bond acceptors (Lipinski definition) is 4. The molecule has 1 saturated heterocycles. The second kappa shape index (κ2) is 4.95. The quantitative estimate of drug-likeness (QED) is 0.612. The number of likely N-dealkylation sites (tertiary alicyclic amines) is 1. The highest BCUT2D eigenvalue weighted by molar-refractivity contribution is 5.79. The number of carbonyl (C=O) groups is 2. The van der Waals surface area contributed by atoms with Crippen molar-refractivity contribution in [2.24, 2.45) is 11.7 Å². The molecule has 0 radical (unpaired) electrons. The minimum Gasteiger partial charge on any atom is -0.466 e. The van der Waals surface area contributed by atoms with E-state index < -0.39 is 0 Å². The standard InChI is InChI=1S/C9H16N2O3/c1-2-14-9(13)3-7-5-11(6-7)8(12)4-10/h7H,2-6,10H2,1H3. The van der Waals surface area contributed by atoms with Crippen LogP contribution >= 0.6 is 0 Å². The van der Waals surface area contributed by atoms with Crippen LogP contribution in [-0.4, -0.2) is 43.0 Å². The number of carbonyl (C=O) groups excluding carboxylic acids is 2. The lowest BCUT2D eigenvalue weighted by atomic mass is 9.96. The van der Waals surface area contributed by atoms with Crippen molar-refractivity contribution in [3.05, 3.63) is 0 Å². The van der Waals surface area contributed by atoms with Gasteiger partial charge in [0.1, 0.15) is 0 Å². The van der Waals surface area contributed by atoms with E-state index in [1.807, 2.05) is 0 Å². The molecule has 5 nitrogen and oxygen atoms in total. The smallest absolute Gasteiger partial charge is 0.306 e. The van der Waals surface area contributed by atoms with E-state index in [1.54, 1.807) is 11.8 Å². The third-order valence-electron chi connectivity index (χ3n) is 2.25. The Morgan fingerprint density at radius 1 is 1.50 bits per heavy atom. The van der Waals surface area contributed by atoms with Crippen molar-refractivity contribution in [2.75, 3.05) is 26.2 Å². The van der Waals surface area contributed by atoms with E-state index in [0.29, 0.717) is 26.1 Å². The molecule has 0 atom stereocenters. The molecule has 1 aliphatic heterocycles. The molecule has 14 heavy (non-hydrogen) atoms. The molecule has 0 bridgehead atoms. The molecule has 5 heteroatoms.